The Morgan fingerprint density at radius 2 is 1.81 bits per heavy atom. The van der Waals surface area contributed by atoms with Crippen molar-refractivity contribution in [3.05, 3.63) is 54.1 Å². The van der Waals surface area contributed by atoms with E-state index in [2.05, 4.69) is 46.7 Å². The summed E-state index contributed by atoms with van der Waals surface area (Å²) < 4.78 is 5.63. The molecule has 138 valence electrons. The monoisotopic (exact) mass is 369 g/mol. The van der Waals surface area contributed by atoms with E-state index in [0.29, 0.717) is 11.7 Å². The zero-order chi connectivity index (χ0) is 18.4. The van der Waals surface area contributed by atoms with E-state index in [1.54, 1.807) is 0 Å². The minimum absolute atomic E-state index is 0.127. The normalized spacial score (nSPS) is 14.8. The number of nitrogens with zero attached hydrogens (tertiary/aromatic N) is 1. The van der Waals surface area contributed by atoms with Crippen LogP contribution in [0.1, 0.15) is 38.3 Å². The molecule has 3 rings (SSSR count). The van der Waals surface area contributed by atoms with Crippen molar-refractivity contribution < 1.29 is 4.74 Å². The van der Waals surface area contributed by atoms with E-state index in [9.17, 15) is 0 Å². The van der Waals surface area contributed by atoms with Gasteiger partial charge >= 0.3 is 0 Å². The highest BCUT2D eigenvalue weighted by Gasteiger charge is 2.13. The van der Waals surface area contributed by atoms with Gasteiger partial charge < -0.3 is 20.3 Å². The summed E-state index contributed by atoms with van der Waals surface area (Å²) in [5.41, 5.74) is 3.41. The van der Waals surface area contributed by atoms with Gasteiger partial charge in [0.25, 0.3) is 0 Å². The summed E-state index contributed by atoms with van der Waals surface area (Å²) in [7, 11) is 0. The third-order valence-electron chi connectivity index (χ3n) is 4.65. The largest absolute Gasteiger partial charge is 0.492 e. The van der Waals surface area contributed by atoms with Gasteiger partial charge in [-0.1, -0.05) is 24.3 Å². The van der Waals surface area contributed by atoms with Crippen LogP contribution in [0.3, 0.4) is 0 Å². The molecule has 1 unspecified atom stereocenters. The number of rotatable bonds is 6. The zero-order valence-electron chi connectivity index (χ0n) is 15.5. The maximum absolute atomic E-state index is 5.63. The van der Waals surface area contributed by atoms with Crippen molar-refractivity contribution in [1.29, 1.82) is 0 Å². The molecule has 2 aromatic rings. The molecule has 1 fully saturated rings. The Morgan fingerprint density at radius 3 is 2.50 bits per heavy atom. The molecule has 2 N–H and O–H groups in total. The Kier molecular flexibility index (Phi) is 6.34. The molecule has 1 aliphatic heterocycles. The van der Waals surface area contributed by atoms with E-state index >= 15 is 0 Å². The van der Waals surface area contributed by atoms with Crippen LogP contribution in [0.25, 0.3) is 0 Å². The van der Waals surface area contributed by atoms with Crippen LogP contribution in [0.4, 0.5) is 11.4 Å². The maximum Gasteiger partial charge on any atom is 0.171 e. The lowest BCUT2D eigenvalue weighted by Crippen LogP contribution is -2.31. The Hall–Kier alpha value is -2.27. The van der Waals surface area contributed by atoms with E-state index in [1.807, 2.05) is 31.2 Å². The number of nitrogens with one attached hydrogen (secondary N) is 2. The van der Waals surface area contributed by atoms with E-state index in [-0.39, 0.29) is 6.04 Å². The van der Waals surface area contributed by atoms with Gasteiger partial charge in [0.1, 0.15) is 5.75 Å². The van der Waals surface area contributed by atoms with Gasteiger partial charge in [-0.05, 0) is 68.7 Å². The summed E-state index contributed by atoms with van der Waals surface area (Å²) in [4.78, 5) is 2.44. The molecule has 0 radical (unpaired) electrons. The van der Waals surface area contributed by atoms with Crippen molar-refractivity contribution in [3.8, 4) is 5.75 Å². The second-order valence-electron chi connectivity index (χ2n) is 6.54. The number of benzene rings is 2. The van der Waals surface area contributed by atoms with Gasteiger partial charge in [-0.2, -0.15) is 0 Å². The van der Waals surface area contributed by atoms with E-state index in [0.717, 1.165) is 11.4 Å². The van der Waals surface area contributed by atoms with E-state index < -0.39 is 0 Å². The molecule has 1 saturated heterocycles. The van der Waals surface area contributed by atoms with Crippen LogP contribution in [0, 0.1) is 0 Å². The van der Waals surface area contributed by atoms with Crippen LogP contribution < -0.4 is 20.3 Å². The van der Waals surface area contributed by atoms with Crippen molar-refractivity contribution in [2.75, 3.05) is 29.9 Å². The number of hydrogen-bond acceptors (Lipinski definition) is 3. The smallest absolute Gasteiger partial charge is 0.171 e. The molecule has 0 spiro atoms. The first-order chi connectivity index (χ1) is 12.7. The molecule has 0 saturated carbocycles. The Bertz CT molecular complexity index is 726. The van der Waals surface area contributed by atoms with Gasteiger partial charge in [0.15, 0.2) is 5.11 Å². The van der Waals surface area contributed by atoms with Crippen molar-refractivity contribution >= 4 is 28.7 Å². The highest BCUT2D eigenvalue weighted by molar-refractivity contribution is 7.80. The van der Waals surface area contributed by atoms with Crippen LogP contribution in [0.15, 0.2) is 48.5 Å². The number of hydrogen-bond donors (Lipinski definition) is 2. The summed E-state index contributed by atoms with van der Waals surface area (Å²) in [6.45, 7) is 7.05. The molecule has 26 heavy (non-hydrogen) atoms. The summed E-state index contributed by atoms with van der Waals surface area (Å²) in [6, 6.07) is 16.7. The zero-order valence-corrected chi connectivity index (χ0v) is 16.3. The first-order valence-electron chi connectivity index (χ1n) is 9.31. The molecule has 1 aliphatic rings. The Balaban J connectivity index is 1.58. The van der Waals surface area contributed by atoms with Gasteiger partial charge in [-0.25, -0.2) is 0 Å². The molecular formula is C21H27N3OS. The van der Waals surface area contributed by atoms with Gasteiger partial charge in [0.05, 0.1) is 18.3 Å². The summed E-state index contributed by atoms with van der Waals surface area (Å²) in [5, 5.41) is 7.18. The molecule has 4 nitrogen and oxygen atoms in total. The highest BCUT2D eigenvalue weighted by Crippen LogP contribution is 2.25. The Labute approximate surface area is 161 Å². The second kappa shape index (κ2) is 8.90. The third-order valence-corrected chi connectivity index (χ3v) is 4.87. The minimum atomic E-state index is 0.127. The van der Waals surface area contributed by atoms with Gasteiger partial charge in [-0.15, -0.1) is 0 Å². The summed E-state index contributed by atoms with van der Waals surface area (Å²) in [6.07, 6.45) is 2.59. The first kappa shape index (κ1) is 18.5. The van der Waals surface area contributed by atoms with E-state index in [1.165, 1.54) is 37.2 Å². The number of ether oxygens (including phenoxy) is 1. The molecule has 0 amide bonds. The number of para-hydroxylation sites is 2. The van der Waals surface area contributed by atoms with Crippen molar-refractivity contribution in [2.24, 2.45) is 0 Å². The summed E-state index contributed by atoms with van der Waals surface area (Å²) in [5.74, 6) is 0.807. The lowest BCUT2D eigenvalue weighted by Gasteiger charge is -2.21. The molecule has 1 atom stereocenters. The van der Waals surface area contributed by atoms with Crippen molar-refractivity contribution in [2.45, 2.75) is 32.7 Å². The predicted molar refractivity (Wildman–Crippen MR) is 113 cm³/mol. The standard InChI is InChI=1S/C21H27N3OS/c1-3-25-20-9-5-4-8-19(20)23-21(26)22-16(2)17-10-12-18(13-11-17)24-14-6-7-15-24/h4-5,8-13,16H,3,6-7,14-15H2,1-2H3,(H2,22,23,26). The van der Waals surface area contributed by atoms with Crippen LogP contribution >= 0.6 is 12.2 Å². The number of thiocarbonyl (C=S) groups is 1. The lowest BCUT2D eigenvalue weighted by atomic mass is 10.1. The van der Waals surface area contributed by atoms with Gasteiger partial charge in [0.2, 0.25) is 0 Å². The highest BCUT2D eigenvalue weighted by atomic mass is 32.1. The molecular weight excluding hydrogens is 342 g/mol. The van der Waals surface area contributed by atoms with Gasteiger partial charge in [-0.3, -0.25) is 0 Å². The molecule has 0 aliphatic carbocycles. The fraction of sp³-hybridized carbons (Fsp3) is 0.381. The van der Waals surface area contributed by atoms with Gasteiger partial charge in [0, 0.05) is 18.8 Å². The molecule has 5 heteroatoms. The summed E-state index contributed by atoms with van der Waals surface area (Å²) >= 11 is 5.48. The Morgan fingerprint density at radius 1 is 1.12 bits per heavy atom. The predicted octanol–water partition coefficient (Wildman–Crippen LogP) is 4.73. The van der Waals surface area contributed by atoms with Crippen LogP contribution in [0.2, 0.25) is 0 Å². The second-order valence-corrected chi connectivity index (χ2v) is 6.94. The molecule has 0 aromatic heterocycles. The molecule has 1 heterocycles. The van der Waals surface area contributed by atoms with Crippen LogP contribution in [0.5, 0.6) is 5.75 Å². The average molecular weight is 370 g/mol. The number of anilines is 2. The fourth-order valence-corrected chi connectivity index (χ4v) is 3.53. The third kappa shape index (κ3) is 4.67. The topological polar surface area (TPSA) is 36.5 Å². The average Bonchev–Trinajstić information content (AvgIpc) is 3.18. The molecule has 2 aromatic carbocycles. The van der Waals surface area contributed by atoms with Crippen molar-refractivity contribution in [3.63, 3.8) is 0 Å². The quantitative estimate of drug-likeness (QED) is 0.720. The van der Waals surface area contributed by atoms with Crippen LogP contribution in [-0.4, -0.2) is 24.8 Å². The molecule has 0 bridgehead atoms. The van der Waals surface area contributed by atoms with Crippen LogP contribution in [-0.2, 0) is 0 Å². The minimum Gasteiger partial charge on any atom is -0.492 e. The lowest BCUT2D eigenvalue weighted by molar-refractivity contribution is 0.342. The van der Waals surface area contributed by atoms with E-state index in [4.69, 9.17) is 17.0 Å². The van der Waals surface area contributed by atoms with Crippen molar-refractivity contribution in [1.82, 2.24) is 5.32 Å². The fourth-order valence-electron chi connectivity index (χ4n) is 3.24. The first-order valence-corrected chi connectivity index (χ1v) is 9.72. The maximum atomic E-state index is 5.63. The SMILES string of the molecule is CCOc1ccccc1NC(=S)NC(C)c1ccc(N2CCCC2)cc1.